The molecule has 3 rings (SSSR count). The number of halogens is 1. The normalized spacial score (nSPS) is 19.5. The summed E-state index contributed by atoms with van der Waals surface area (Å²) in [6.45, 7) is 6.60. The monoisotopic (exact) mass is 414 g/mol. The minimum atomic E-state index is -0.543. The molecule has 0 aromatic heterocycles. The van der Waals surface area contributed by atoms with Crippen molar-refractivity contribution in [3.63, 3.8) is 0 Å². The number of nitrogens with zero attached hydrogens (tertiary/aromatic N) is 1. The Morgan fingerprint density at radius 3 is 2.34 bits per heavy atom. The first-order valence-electron chi connectivity index (χ1n) is 9.82. The molecule has 1 aliphatic rings. The predicted octanol–water partition coefficient (Wildman–Crippen LogP) is 4.86. The van der Waals surface area contributed by atoms with Crippen LogP contribution in [0.15, 0.2) is 54.6 Å². The molecule has 1 saturated heterocycles. The Morgan fingerprint density at radius 2 is 1.72 bits per heavy atom. The number of hydrogen-bond acceptors (Lipinski definition) is 3. The maximum absolute atomic E-state index is 12.7. The molecule has 5 nitrogen and oxygen atoms in total. The first kappa shape index (κ1) is 21.2. The lowest BCUT2D eigenvalue weighted by Gasteiger charge is -2.39. The number of hydrogen-bond donors (Lipinski definition) is 1. The molecule has 2 atom stereocenters. The van der Waals surface area contributed by atoms with Crippen LogP contribution in [0.2, 0.25) is 5.02 Å². The second-order valence-corrected chi connectivity index (χ2v) is 8.76. The van der Waals surface area contributed by atoms with E-state index in [0.29, 0.717) is 30.1 Å². The van der Waals surface area contributed by atoms with E-state index in [1.165, 1.54) is 0 Å². The van der Waals surface area contributed by atoms with Crippen molar-refractivity contribution in [2.45, 2.75) is 44.8 Å². The largest absolute Gasteiger partial charge is 0.444 e. The van der Waals surface area contributed by atoms with Gasteiger partial charge in [0.1, 0.15) is 5.60 Å². The van der Waals surface area contributed by atoms with Gasteiger partial charge >= 0.3 is 6.09 Å². The lowest BCUT2D eigenvalue weighted by molar-refractivity contribution is 0.0177. The van der Waals surface area contributed by atoms with Gasteiger partial charge in [-0.05, 0) is 57.0 Å². The van der Waals surface area contributed by atoms with Crippen molar-refractivity contribution < 1.29 is 14.3 Å². The van der Waals surface area contributed by atoms with Gasteiger partial charge in [-0.2, -0.15) is 0 Å². The standard InChI is InChI=1S/C23H27ClN2O3/c1-23(2,3)29-22(28)26-14-13-20(19(15-26)16-7-5-4-6-8-16)25-21(27)17-9-11-18(24)12-10-17/h4-12,19-20H,13-15H2,1-3H3,(H,25,27). The van der Waals surface area contributed by atoms with Gasteiger partial charge in [0.05, 0.1) is 0 Å². The molecule has 0 saturated carbocycles. The van der Waals surface area contributed by atoms with Crippen molar-refractivity contribution in [2.24, 2.45) is 0 Å². The van der Waals surface area contributed by atoms with Gasteiger partial charge in [-0.15, -0.1) is 0 Å². The van der Waals surface area contributed by atoms with Gasteiger partial charge in [0.25, 0.3) is 5.91 Å². The Balaban J connectivity index is 1.77. The van der Waals surface area contributed by atoms with Crippen LogP contribution in [0.3, 0.4) is 0 Å². The number of benzene rings is 2. The van der Waals surface area contributed by atoms with Crippen LogP contribution in [0.1, 0.15) is 49.0 Å². The molecule has 1 aliphatic heterocycles. The van der Waals surface area contributed by atoms with Crippen molar-refractivity contribution in [1.82, 2.24) is 10.2 Å². The molecule has 2 amide bonds. The number of likely N-dealkylation sites (tertiary alicyclic amines) is 1. The predicted molar refractivity (Wildman–Crippen MR) is 114 cm³/mol. The molecule has 6 heteroatoms. The fraction of sp³-hybridized carbons (Fsp3) is 0.391. The molecule has 0 radical (unpaired) electrons. The Labute approximate surface area is 177 Å². The van der Waals surface area contributed by atoms with Gasteiger partial charge in [0, 0.05) is 35.6 Å². The molecule has 2 aromatic rings. The first-order valence-corrected chi connectivity index (χ1v) is 10.2. The zero-order valence-corrected chi connectivity index (χ0v) is 17.8. The Bertz CT molecular complexity index is 847. The number of amides is 2. The number of rotatable bonds is 3. The van der Waals surface area contributed by atoms with E-state index < -0.39 is 5.60 Å². The first-order chi connectivity index (χ1) is 13.7. The third-order valence-corrected chi connectivity index (χ3v) is 5.17. The average Bonchev–Trinajstić information content (AvgIpc) is 2.68. The summed E-state index contributed by atoms with van der Waals surface area (Å²) < 4.78 is 5.55. The van der Waals surface area contributed by atoms with Crippen LogP contribution in [-0.2, 0) is 4.74 Å². The van der Waals surface area contributed by atoms with E-state index in [1.54, 1.807) is 29.2 Å². The number of carbonyl (C=O) groups is 2. The van der Waals surface area contributed by atoms with E-state index in [-0.39, 0.29) is 24.0 Å². The van der Waals surface area contributed by atoms with Gasteiger partial charge in [-0.1, -0.05) is 41.9 Å². The summed E-state index contributed by atoms with van der Waals surface area (Å²) in [5.41, 5.74) is 1.11. The zero-order chi connectivity index (χ0) is 21.0. The number of carbonyl (C=O) groups excluding carboxylic acids is 2. The highest BCUT2D eigenvalue weighted by Crippen LogP contribution is 2.29. The van der Waals surface area contributed by atoms with E-state index in [4.69, 9.17) is 16.3 Å². The summed E-state index contributed by atoms with van der Waals surface area (Å²) >= 11 is 5.92. The number of piperidine rings is 1. The lowest BCUT2D eigenvalue weighted by Crippen LogP contribution is -2.52. The molecule has 1 heterocycles. The van der Waals surface area contributed by atoms with Crippen molar-refractivity contribution >= 4 is 23.6 Å². The van der Waals surface area contributed by atoms with E-state index in [2.05, 4.69) is 5.32 Å². The quantitative estimate of drug-likeness (QED) is 0.779. The molecule has 0 aliphatic carbocycles. The number of ether oxygens (including phenoxy) is 1. The topological polar surface area (TPSA) is 58.6 Å². The van der Waals surface area contributed by atoms with E-state index in [9.17, 15) is 9.59 Å². The van der Waals surface area contributed by atoms with Crippen LogP contribution >= 0.6 is 11.6 Å². The smallest absolute Gasteiger partial charge is 0.410 e. The summed E-state index contributed by atoms with van der Waals surface area (Å²) in [7, 11) is 0. The maximum Gasteiger partial charge on any atom is 0.410 e. The highest BCUT2D eigenvalue weighted by atomic mass is 35.5. The van der Waals surface area contributed by atoms with Crippen molar-refractivity contribution in [3.8, 4) is 0 Å². The molecule has 2 aromatic carbocycles. The molecule has 154 valence electrons. The Hall–Kier alpha value is -2.53. The van der Waals surface area contributed by atoms with E-state index in [1.807, 2.05) is 51.1 Å². The highest BCUT2D eigenvalue weighted by molar-refractivity contribution is 6.30. The minimum absolute atomic E-state index is 0.0197. The molecule has 29 heavy (non-hydrogen) atoms. The Morgan fingerprint density at radius 1 is 1.07 bits per heavy atom. The minimum Gasteiger partial charge on any atom is -0.444 e. The average molecular weight is 415 g/mol. The van der Waals surface area contributed by atoms with E-state index in [0.717, 1.165) is 5.56 Å². The summed E-state index contributed by atoms with van der Waals surface area (Å²) in [6.07, 6.45) is 0.332. The lowest BCUT2D eigenvalue weighted by atomic mass is 9.86. The van der Waals surface area contributed by atoms with Gasteiger partial charge < -0.3 is 15.0 Å². The van der Waals surface area contributed by atoms with Crippen LogP contribution in [0.25, 0.3) is 0 Å². The highest BCUT2D eigenvalue weighted by Gasteiger charge is 2.35. The third kappa shape index (κ3) is 5.73. The molecule has 0 bridgehead atoms. The molecule has 1 N–H and O–H groups in total. The van der Waals surface area contributed by atoms with E-state index >= 15 is 0 Å². The van der Waals surface area contributed by atoms with Crippen LogP contribution in [0.5, 0.6) is 0 Å². The summed E-state index contributed by atoms with van der Waals surface area (Å²) in [5.74, 6) is -0.160. The van der Waals surface area contributed by atoms with Gasteiger partial charge in [0.15, 0.2) is 0 Å². The maximum atomic E-state index is 12.7. The number of nitrogens with one attached hydrogen (secondary N) is 1. The molecule has 1 fully saturated rings. The van der Waals surface area contributed by atoms with Gasteiger partial charge in [-0.3, -0.25) is 4.79 Å². The summed E-state index contributed by atoms with van der Waals surface area (Å²) in [4.78, 5) is 27.1. The zero-order valence-electron chi connectivity index (χ0n) is 17.0. The molecular weight excluding hydrogens is 388 g/mol. The van der Waals surface area contributed by atoms with Gasteiger partial charge in [-0.25, -0.2) is 4.79 Å². The SMILES string of the molecule is CC(C)(C)OC(=O)N1CCC(NC(=O)c2ccc(Cl)cc2)C(c2ccccc2)C1. The van der Waals surface area contributed by atoms with Crippen LogP contribution < -0.4 is 5.32 Å². The fourth-order valence-electron chi connectivity index (χ4n) is 3.51. The molecule has 2 unspecified atom stereocenters. The third-order valence-electron chi connectivity index (χ3n) is 4.92. The van der Waals surface area contributed by atoms with Crippen molar-refractivity contribution in [1.29, 1.82) is 0 Å². The summed E-state index contributed by atoms with van der Waals surface area (Å²) in [6, 6.07) is 16.7. The Kier molecular flexibility index (Phi) is 6.48. The van der Waals surface area contributed by atoms with Gasteiger partial charge in [0.2, 0.25) is 0 Å². The fourth-order valence-corrected chi connectivity index (χ4v) is 3.63. The second kappa shape index (κ2) is 8.87. The molecule has 0 spiro atoms. The van der Waals surface area contributed by atoms with Crippen LogP contribution in [0.4, 0.5) is 4.79 Å². The second-order valence-electron chi connectivity index (χ2n) is 8.32. The molecular formula is C23H27ClN2O3. The van der Waals surface area contributed by atoms with Crippen molar-refractivity contribution in [3.05, 3.63) is 70.7 Å². The van der Waals surface area contributed by atoms with Crippen molar-refractivity contribution in [2.75, 3.05) is 13.1 Å². The summed E-state index contributed by atoms with van der Waals surface area (Å²) in [5, 5.41) is 3.74. The van der Waals surface area contributed by atoms with Crippen LogP contribution in [-0.4, -0.2) is 41.6 Å². The van der Waals surface area contributed by atoms with Crippen LogP contribution in [0, 0.1) is 0 Å².